The first kappa shape index (κ1) is 59.9. The van der Waals surface area contributed by atoms with Crippen LogP contribution in [0.3, 0.4) is 0 Å². The van der Waals surface area contributed by atoms with Crippen LogP contribution in [0.2, 0.25) is 0 Å². The van der Waals surface area contributed by atoms with Gasteiger partial charge >= 0.3 is 48.9 Å². The minimum atomic E-state index is 0. The van der Waals surface area contributed by atoms with E-state index in [1.54, 1.807) is 0 Å². The van der Waals surface area contributed by atoms with Crippen LogP contribution in [-0.4, -0.2) is 48.9 Å². The molecule has 0 aromatic rings. The van der Waals surface area contributed by atoms with Crippen LogP contribution in [0.1, 0.15) is 0 Å². The minimum absolute atomic E-state index is 0. The van der Waals surface area contributed by atoms with Gasteiger partial charge in [0.2, 0.25) is 0 Å². The Morgan fingerprint density at radius 3 is 0.600 bits per heavy atom. The zero-order valence-corrected chi connectivity index (χ0v) is 9.10. The van der Waals surface area contributed by atoms with Crippen LogP contribution in [0.25, 0.3) is 0 Å². The summed E-state index contributed by atoms with van der Waals surface area (Å²) < 4.78 is 0. The van der Waals surface area contributed by atoms with E-state index in [0.717, 1.165) is 0 Å². The molecule has 0 unspecified atom stereocenters. The molecule has 0 N–H and O–H groups in total. The second-order valence-corrected chi connectivity index (χ2v) is 0. The fourth-order valence-electron chi connectivity index (χ4n) is 0. The summed E-state index contributed by atoms with van der Waals surface area (Å²) in [7, 11) is 0. The first-order valence-electron chi connectivity index (χ1n) is 0. The average Bonchev–Trinajstić information content (AvgIpc) is 0. The van der Waals surface area contributed by atoms with E-state index in [9.17, 15) is 0 Å². The van der Waals surface area contributed by atoms with Crippen LogP contribution in [0.5, 0.6) is 0 Å². The second kappa shape index (κ2) is 36.0. The monoisotopic (exact) mass is 379 g/mol. The van der Waals surface area contributed by atoms with E-state index in [2.05, 4.69) is 0 Å². The van der Waals surface area contributed by atoms with Crippen molar-refractivity contribution in [2.45, 2.75) is 0 Å². The molecule has 0 aliphatic carbocycles. The van der Waals surface area contributed by atoms with Gasteiger partial charge in [0, 0.05) is 20.1 Å². The van der Waals surface area contributed by atoms with Crippen LogP contribution in [0.15, 0.2) is 0 Å². The van der Waals surface area contributed by atoms with Gasteiger partial charge in [0.05, 0.1) is 0 Å². The Hall–Kier alpha value is 2.10. The van der Waals surface area contributed by atoms with Gasteiger partial charge in [-0.15, -0.1) is 0 Å². The van der Waals surface area contributed by atoms with Gasteiger partial charge in [-0.05, 0) is 0 Å². The Kier molecular flexibility index (Phi) is 431. The summed E-state index contributed by atoms with van der Waals surface area (Å²) in [5.74, 6) is 0. The van der Waals surface area contributed by atoms with E-state index in [1.165, 1.54) is 0 Å². The van der Waals surface area contributed by atoms with E-state index >= 15 is 0 Å². The molecule has 0 saturated carbocycles. The van der Waals surface area contributed by atoms with Crippen molar-refractivity contribution in [3.05, 3.63) is 0 Å². The summed E-state index contributed by atoms with van der Waals surface area (Å²) in [5.41, 5.74) is 0. The Balaban J connectivity index is 0. The molecule has 0 aliphatic rings. The van der Waals surface area contributed by atoms with Crippen LogP contribution < -0.4 is 0 Å². The molecule has 3 nitrogen and oxygen atoms in total. The molecule has 0 amide bonds. The molecule has 0 bridgehead atoms. The van der Waals surface area contributed by atoms with Gasteiger partial charge in [-0.3, -0.25) is 0 Å². The third-order valence-corrected chi connectivity index (χ3v) is 0. The van der Waals surface area contributed by atoms with Crippen LogP contribution in [-0.2, 0) is 36.5 Å². The molecule has 0 atom stereocenters. The van der Waals surface area contributed by atoms with Crippen LogP contribution in [0, 0.1) is 0 Å². The average molecular weight is 378 g/mol. The third kappa shape index (κ3) is 23.2. The first-order valence-corrected chi connectivity index (χ1v) is 0. The zero-order valence-electron chi connectivity index (χ0n) is 2.27. The predicted octanol–water partition coefficient (Wildman–Crippen LogP) is -0.740. The summed E-state index contributed by atoms with van der Waals surface area (Å²) >= 11 is 0. The Bertz CT molecular complexity index is 6.85. The van der Waals surface area contributed by atoms with Crippen molar-refractivity contribution in [1.82, 2.24) is 0 Å². The Labute approximate surface area is 83.9 Å². The van der Waals surface area contributed by atoms with E-state index < -0.39 is 0 Å². The molecule has 5 heavy (non-hydrogen) atoms. The Morgan fingerprint density at radius 1 is 0.600 bits per heavy atom. The maximum Gasteiger partial charge on any atom is 2.00 e. The van der Waals surface area contributed by atoms with Crippen molar-refractivity contribution in [1.29, 1.82) is 0 Å². The number of rotatable bonds is 0. The molecule has 0 aromatic carbocycles. The Morgan fingerprint density at radius 2 is 0.600 bits per heavy atom. The zero-order chi connectivity index (χ0) is 0. The normalized spacial score (nSPS) is 0. The van der Waals surface area contributed by atoms with Crippen LogP contribution in [0.4, 0.5) is 0 Å². The van der Waals surface area contributed by atoms with Crippen molar-refractivity contribution in [2.24, 2.45) is 0 Å². The third-order valence-electron chi connectivity index (χ3n) is 0. The van der Waals surface area contributed by atoms with E-state index in [1.807, 2.05) is 0 Å². The van der Waals surface area contributed by atoms with Crippen molar-refractivity contribution >= 4 is 48.9 Å². The van der Waals surface area contributed by atoms with Gasteiger partial charge in [0.25, 0.3) is 0 Å². The van der Waals surface area contributed by atoms with Gasteiger partial charge in [0.15, 0.2) is 0 Å². The summed E-state index contributed by atoms with van der Waals surface area (Å²) in [6.07, 6.45) is 0. The largest absolute Gasteiger partial charge is 2.00 e. The molecule has 0 spiro atoms. The molecule has 0 aromatic heterocycles. The maximum atomic E-state index is 0. The SMILES string of the molecule is [Ba+2].[Ir].[O-2].[O-2].[O-2]. The predicted molar refractivity (Wildman–Crippen MR) is 7.81 cm³/mol. The summed E-state index contributed by atoms with van der Waals surface area (Å²) in [4.78, 5) is 0. The molecule has 0 aliphatic heterocycles. The van der Waals surface area contributed by atoms with Crippen molar-refractivity contribution < 1.29 is 36.5 Å². The van der Waals surface area contributed by atoms with Crippen molar-refractivity contribution in [2.75, 3.05) is 0 Å². The van der Waals surface area contributed by atoms with Gasteiger partial charge < -0.3 is 16.4 Å². The fraction of sp³-hybridized carbons (Fsp3) is 0. The number of hydrogen-bond donors (Lipinski definition) is 0. The first-order chi connectivity index (χ1) is 0. The van der Waals surface area contributed by atoms with E-state index in [4.69, 9.17) is 0 Å². The maximum absolute atomic E-state index is 0. The van der Waals surface area contributed by atoms with Crippen molar-refractivity contribution in [3.8, 4) is 0 Å². The standard InChI is InChI=1S/Ba.Ir.3O/q+2;;3*-2. The summed E-state index contributed by atoms with van der Waals surface area (Å²) in [5, 5.41) is 0. The van der Waals surface area contributed by atoms with Crippen molar-refractivity contribution in [3.63, 3.8) is 0 Å². The van der Waals surface area contributed by atoms with E-state index in [-0.39, 0.29) is 85.4 Å². The summed E-state index contributed by atoms with van der Waals surface area (Å²) in [6, 6.07) is 0. The smallest absolute Gasteiger partial charge is 2.00 e. The van der Waals surface area contributed by atoms with Gasteiger partial charge in [-0.25, -0.2) is 0 Å². The molecule has 0 fully saturated rings. The van der Waals surface area contributed by atoms with Gasteiger partial charge in [-0.1, -0.05) is 0 Å². The molecule has 0 saturated heterocycles. The van der Waals surface area contributed by atoms with E-state index in [0.29, 0.717) is 0 Å². The fourth-order valence-corrected chi connectivity index (χ4v) is 0. The molecular weight excluding hydrogens is 378 g/mol. The van der Waals surface area contributed by atoms with Crippen LogP contribution >= 0.6 is 0 Å². The molecule has 5 heteroatoms. The molecule has 0 rings (SSSR count). The molecule has 0 heterocycles. The van der Waals surface area contributed by atoms with Gasteiger partial charge in [-0.2, -0.15) is 0 Å². The minimum Gasteiger partial charge on any atom is -2.00 e. The number of hydrogen-bond acceptors (Lipinski definition) is 0. The topological polar surface area (TPSA) is 85.5 Å². The molecule has 1 radical (unpaired) electrons. The summed E-state index contributed by atoms with van der Waals surface area (Å²) in [6.45, 7) is 0. The molecular formula is BaIrO3-4. The quantitative estimate of drug-likeness (QED) is 0.498. The van der Waals surface area contributed by atoms with Gasteiger partial charge in [0.1, 0.15) is 0 Å². The second-order valence-electron chi connectivity index (χ2n) is 0. The molecule has 33 valence electrons.